The fourth-order valence-electron chi connectivity index (χ4n) is 8.87. The highest BCUT2D eigenvalue weighted by Crippen LogP contribution is 2.20. The number of para-hydroxylation sites is 1. The number of carboxylic acid groups (broad SMARTS) is 1. The molecule has 20 N–H and O–H groups in total. The molecule has 0 bridgehead atoms. The minimum Gasteiger partial charge on any atom is -0.480 e. The van der Waals surface area contributed by atoms with Gasteiger partial charge in [0, 0.05) is 29.9 Å². The van der Waals surface area contributed by atoms with E-state index in [-0.39, 0.29) is 32.2 Å². The summed E-state index contributed by atoms with van der Waals surface area (Å²) in [4.78, 5) is 151. The Labute approximate surface area is 489 Å². The molecule has 0 radical (unpaired) electrons. The van der Waals surface area contributed by atoms with Crippen molar-refractivity contribution in [1.29, 1.82) is 0 Å². The predicted molar refractivity (Wildman–Crippen MR) is 312 cm³/mol. The number of aliphatic hydroxyl groups is 1. The quantitative estimate of drug-likeness (QED) is 0.0276. The molecule has 1 aromatic heterocycles. The van der Waals surface area contributed by atoms with Gasteiger partial charge in [-0.2, -0.15) is 0 Å². The molecule has 10 amide bonds. The van der Waals surface area contributed by atoms with Gasteiger partial charge in [-0.05, 0) is 94.5 Å². The molecule has 1 heterocycles. The van der Waals surface area contributed by atoms with E-state index in [0.29, 0.717) is 61.6 Å². The summed E-state index contributed by atoms with van der Waals surface area (Å²) in [5.74, 6) is -10.7. The predicted octanol–water partition coefficient (Wildman–Crippen LogP) is -2.01. The third-order valence-electron chi connectivity index (χ3n) is 14.5. The van der Waals surface area contributed by atoms with E-state index in [2.05, 4.69) is 52.8 Å². The first-order valence-corrected chi connectivity index (χ1v) is 28.5. The largest absolute Gasteiger partial charge is 0.480 e. The Bertz CT molecular complexity index is 2690. The zero-order chi connectivity index (χ0) is 62.6. The molecule has 3 aromatic rings. The number of carbonyl (C=O) groups excluding carboxylic acids is 10. The number of benzene rings is 2. The smallest absolute Gasteiger partial charge is 0.326 e. The normalized spacial score (nSPS) is 15.5. The molecule has 27 heteroatoms. The Balaban J connectivity index is 1.84. The van der Waals surface area contributed by atoms with E-state index in [4.69, 9.17) is 22.9 Å². The van der Waals surface area contributed by atoms with Gasteiger partial charge in [-0.1, -0.05) is 89.1 Å². The average Bonchev–Trinajstić information content (AvgIpc) is 3.91. The van der Waals surface area contributed by atoms with E-state index in [1.807, 2.05) is 0 Å². The van der Waals surface area contributed by atoms with E-state index >= 15 is 0 Å². The number of carboxylic acids is 1. The summed E-state index contributed by atoms with van der Waals surface area (Å²) in [6, 6.07) is 2.32. The Kier molecular flexibility index (Phi) is 30.0. The van der Waals surface area contributed by atoms with Gasteiger partial charge in [-0.15, -0.1) is 0 Å². The molecule has 0 aliphatic rings. The summed E-state index contributed by atoms with van der Waals surface area (Å²) < 4.78 is 0. The van der Waals surface area contributed by atoms with Gasteiger partial charge in [0.2, 0.25) is 59.1 Å². The number of aliphatic hydroxyl groups excluding tert-OH is 1. The summed E-state index contributed by atoms with van der Waals surface area (Å²) in [5, 5.41) is 44.2. The average molecular weight is 1180 g/mol. The first kappa shape index (κ1) is 70.3. The van der Waals surface area contributed by atoms with Gasteiger partial charge in [-0.25, -0.2) is 4.79 Å². The van der Waals surface area contributed by atoms with Crippen LogP contribution in [-0.2, 0) is 65.6 Å². The number of amides is 10. The van der Waals surface area contributed by atoms with Crippen LogP contribution in [0.1, 0.15) is 110 Å². The maximum absolute atomic E-state index is 14.3. The molecular weight excluding hydrogens is 1090 g/mol. The molecule has 2 aromatic carbocycles. The Morgan fingerprint density at radius 2 is 0.952 bits per heavy atom. The number of H-pyrrole nitrogens is 1. The monoisotopic (exact) mass is 1180 g/mol. The second-order valence-corrected chi connectivity index (χ2v) is 21.1. The topological polar surface area (TPSA) is 456 Å². The minimum absolute atomic E-state index is 0.0141. The fourth-order valence-corrected chi connectivity index (χ4v) is 8.87. The Hall–Kier alpha value is -8.01. The van der Waals surface area contributed by atoms with Crippen molar-refractivity contribution >= 4 is 75.9 Å². The number of nitrogens with two attached hydrogens (primary N) is 4. The van der Waals surface area contributed by atoms with Gasteiger partial charge >= 0.3 is 5.97 Å². The number of aromatic amines is 1. The SMILES string of the molecule is CC[C@H](C)[C@H](NC(=O)[C@H](C)NC(=O)[C@H](Cc1ccccc1)NC(=O)[C@@H](NC(=O)[C@@H](N)CC(N)=O)[C@@H](C)CC)C(=O)N[C@@H](CCCCN)C(=O)N[C@@H](CO)C(=O)N[C@@H](Cc1c[nH]c2ccccc12)C(=O)N[C@@H](C)C(=O)N[C@@H](CCCCN)C(=O)O. The van der Waals surface area contributed by atoms with Crippen molar-refractivity contribution in [2.45, 2.75) is 173 Å². The zero-order valence-electron chi connectivity index (χ0n) is 48.8. The molecule has 3 rings (SSSR count). The van der Waals surface area contributed by atoms with Crippen LogP contribution < -0.4 is 70.8 Å². The zero-order valence-corrected chi connectivity index (χ0v) is 48.8. The van der Waals surface area contributed by atoms with Crippen LogP contribution in [0.25, 0.3) is 10.9 Å². The van der Waals surface area contributed by atoms with Gasteiger partial charge < -0.3 is 86.0 Å². The maximum Gasteiger partial charge on any atom is 0.326 e. The van der Waals surface area contributed by atoms with Gasteiger partial charge in [0.05, 0.1) is 19.1 Å². The van der Waals surface area contributed by atoms with Crippen LogP contribution in [0, 0.1) is 11.8 Å². The van der Waals surface area contributed by atoms with Gasteiger partial charge in [0.25, 0.3) is 0 Å². The molecule has 27 nitrogen and oxygen atoms in total. The van der Waals surface area contributed by atoms with Crippen molar-refractivity contribution in [2.24, 2.45) is 34.8 Å². The maximum atomic E-state index is 14.3. The molecule has 0 fully saturated rings. The van der Waals surface area contributed by atoms with Crippen LogP contribution in [-0.4, -0.2) is 160 Å². The highest BCUT2D eigenvalue weighted by atomic mass is 16.4. The molecule has 464 valence electrons. The van der Waals surface area contributed by atoms with E-state index in [9.17, 15) is 63.0 Å². The summed E-state index contributed by atoms with van der Waals surface area (Å²) >= 11 is 0. The van der Waals surface area contributed by atoms with Crippen molar-refractivity contribution in [2.75, 3.05) is 19.7 Å². The first-order valence-electron chi connectivity index (χ1n) is 28.5. The van der Waals surface area contributed by atoms with Gasteiger partial charge in [0.15, 0.2) is 0 Å². The lowest BCUT2D eigenvalue weighted by Gasteiger charge is -2.29. The molecule has 0 saturated carbocycles. The van der Waals surface area contributed by atoms with Crippen molar-refractivity contribution in [1.82, 2.24) is 52.8 Å². The van der Waals surface area contributed by atoms with Gasteiger partial charge in [-0.3, -0.25) is 47.9 Å². The first-order chi connectivity index (χ1) is 39.9. The molecule has 0 spiro atoms. The van der Waals surface area contributed by atoms with Crippen LogP contribution in [0.3, 0.4) is 0 Å². The second kappa shape index (κ2) is 35.9. The number of aliphatic carboxylic acids is 1. The molecule has 12 atom stereocenters. The molecule has 0 unspecified atom stereocenters. The molecule has 84 heavy (non-hydrogen) atoms. The molecule has 0 aliphatic carbocycles. The van der Waals surface area contributed by atoms with E-state index in [0.717, 1.165) is 5.52 Å². The molecule has 0 saturated heterocycles. The number of hydrogen-bond donors (Lipinski definition) is 16. The van der Waals surface area contributed by atoms with Crippen LogP contribution in [0.2, 0.25) is 0 Å². The van der Waals surface area contributed by atoms with Crippen LogP contribution in [0.15, 0.2) is 60.8 Å². The van der Waals surface area contributed by atoms with Crippen LogP contribution in [0.4, 0.5) is 0 Å². The highest BCUT2D eigenvalue weighted by molar-refractivity contribution is 5.99. The molecular formula is C57H88N14O13. The number of fused-ring (bicyclic) bond motifs is 1. The van der Waals surface area contributed by atoms with E-state index in [1.165, 1.54) is 13.8 Å². The number of unbranched alkanes of at least 4 members (excludes halogenated alkanes) is 2. The lowest BCUT2D eigenvalue weighted by atomic mass is 9.96. The van der Waals surface area contributed by atoms with Crippen molar-refractivity contribution in [3.05, 3.63) is 71.9 Å². The third kappa shape index (κ3) is 22.6. The minimum atomic E-state index is -1.70. The lowest BCUT2D eigenvalue weighted by Crippen LogP contribution is -2.61. The number of rotatable bonds is 38. The van der Waals surface area contributed by atoms with Gasteiger partial charge in [0.1, 0.15) is 54.4 Å². The Morgan fingerprint density at radius 3 is 1.48 bits per heavy atom. The second-order valence-electron chi connectivity index (χ2n) is 21.1. The van der Waals surface area contributed by atoms with E-state index in [1.54, 1.807) is 88.5 Å². The highest BCUT2D eigenvalue weighted by Gasteiger charge is 2.36. The van der Waals surface area contributed by atoms with Crippen LogP contribution >= 0.6 is 0 Å². The number of hydrogen-bond acceptors (Lipinski definition) is 15. The van der Waals surface area contributed by atoms with E-state index < -0.39 is 150 Å². The third-order valence-corrected chi connectivity index (χ3v) is 14.5. The summed E-state index contributed by atoms with van der Waals surface area (Å²) in [7, 11) is 0. The number of aromatic nitrogens is 1. The summed E-state index contributed by atoms with van der Waals surface area (Å²) in [6.45, 7) is 9.20. The molecule has 0 aliphatic heterocycles. The van der Waals surface area contributed by atoms with Crippen LogP contribution in [0.5, 0.6) is 0 Å². The lowest BCUT2D eigenvalue weighted by molar-refractivity contribution is -0.142. The summed E-state index contributed by atoms with van der Waals surface area (Å²) in [6.07, 6.45) is 3.48. The Morgan fingerprint density at radius 1 is 0.512 bits per heavy atom. The van der Waals surface area contributed by atoms with Crippen molar-refractivity contribution < 1.29 is 63.0 Å². The fraction of sp³-hybridized carbons (Fsp3) is 0.561. The van der Waals surface area contributed by atoms with Crippen molar-refractivity contribution in [3.8, 4) is 0 Å². The number of primary amides is 1. The van der Waals surface area contributed by atoms with Crippen molar-refractivity contribution in [3.63, 3.8) is 0 Å². The number of carbonyl (C=O) groups is 11. The number of nitrogens with one attached hydrogen (secondary N) is 10. The standard InChI is InChI=1S/C57H88N14O13/c1-7-31(3)46(70-49(75)34(6)64-52(78)42(26-35-18-10-9-11-19-35)68-56(82)47(32(4)8-2)71-50(76)38(60)28-45(61)73)55(81)65-40(22-14-16-24-58)51(77)69-44(30-72)54(80)67-43(27-36-29-62-39-21-13-12-20-37(36)39)53(79)63-33(5)48(74)66-41(57(83)84)23-15-17-25-59/h9-13,18-21,29,31-34,38,40-44,46-47,62,72H,7-8,14-17,22-28,30,58-60H2,1-6H3,(H2,61,73)(H,63,79)(H,64,78)(H,65,81)(H,66,74)(H,67,80)(H,68,82)(H,69,77)(H,70,75)(H,71,76)(H,83,84)/t31-,32-,33-,34-,38-,40-,41-,42-,43-,44-,46-,47-/m0/s1. The summed E-state index contributed by atoms with van der Waals surface area (Å²) in [5.41, 5.74) is 24.3.